The van der Waals surface area contributed by atoms with Gasteiger partial charge >= 0.3 is 0 Å². The number of nitrogens with zero attached hydrogens (tertiary/aromatic N) is 2. The Balaban J connectivity index is 2.25. The monoisotopic (exact) mass is 227 g/mol. The molecule has 2 aromatic rings. The predicted octanol–water partition coefficient (Wildman–Crippen LogP) is 2.41. The molecule has 1 N–H and O–H groups in total. The third-order valence-electron chi connectivity index (χ3n) is 2.58. The van der Waals surface area contributed by atoms with Crippen LogP contribution in [0.3, 0.4) is 0 Å². The number of para-hydroxylation sites is 1. The standard InChI is InChI=1S/C14H17N3/c1-12-13(7-6-10-15-2)11-17(16-12)14-8-4-3-5-9-14/h3-9,11,15H,10H2,1-2H3. The first-order chi connectivity index (χ1) is 8.31. The molecule has 0 unspecified atom stereocenters. The van der Waals surface area contributed by atoms with Crippen LogP contribution in [0, 0.1) is 6.92 Å². The van der Waals surface area contributed by atoms with Gasteiger partial charge in [-0.1, -0.05) is 30.4 Å². The van der Waals surface area contributed by atoms with E-state index in [1.165, 1.54) is 0 Å². The second-order valence-corrected chi connectivity index (χ2v) is 3.91. The van der Waals surface area contributed by atoms with E-state index < -0.39 is 0 Å². The lowest BCUT2D eigenvalue weighted by Crippen LogP contribution is -2.03. The van der Waals surface area contributed by atoms with Gasteiger partial charge in [0.1, 0.15) is 0 Å². The van der Waals surface area contributed by atoms with Gasteiger partial charge in [-0.05, 0) is 26.1 Å². The zero-order valence-electron chi connectivity index (χ0n) is 10.2. The highest BCUT2D eigenvalue weighted by atomic mass is 15.3. The lowest BCUT2D eigenvalue weighted by atomic mass is 10.2. The van der Waals surface area contributed by atoms with Gasteiger partial charge in [-0.25, -0.2) is 4.68 Å². The summed E-state index contributed by atoms with van der Waals surface area (Å²) in [7, 11) is 1.94. The minimum Gasteiger partial charge on any atom is -0.316 e. The van der Waals surface area contributed by atoms with Crippen LogP contribution in [0.5, 0.6) is 0 Å². The first kappa shape index (κ1) is 11.6. The van der Waals surface area contributed by atoms with Gasteiger partial charge < -0.3 is 5.32 Å². The summed E-state index contributed by atoms with van der Waals surface area (Å²) >= 11 is 0. The fraction of sp³-hybridized carbons (Fsp3) is 0.214. The van der Waals surface area contributed by atoms with Crippen LogP contribution in [0.2, 0.25) is 0 Å². The molecule has 0 aliphatic rings. The van der Waals surface area contributed by atoms with Gasteiger partial charge in [-0.15, -0.1) is 0 Å². The van der Waals surface area contributed by atoms with Crippen molar-refractivity contribution in [2.75, 3.05) is 13.6 Å². The van der Waals surface area contributed by atoms with Crippen molar-refractivity contribution in [3.8, 4) is 5.69 Å². The van der Waals surface area contributed by atoms with E-state index in [0.29, 0.717) is 0 Å². The van der Waals surface area contributed by atoms with Gasteiger partial charge in [0.2, 0.25) is 0 Å². The topological polar surface area (TPSA) is 29.9 Å². The normalized spacial score (nSPS) is 11.2. The van der Waals surface area contributed by atoms with Gasteiger partial charge in [0, 0.05) is 18.3 Å². The average Bonchev–Trinajstić information content (AvgIpc) is 2.73. The summed E-state index contributed by atoms with van der Waals surface area (Å²) in [6.07, 6.45) is 6.24. The van der Waals surface area contributed by atoms with Crippen LogP contribution < -0.4 is 5.32 Å². The molecule has 0 bridgehead atoms. The van der Waals surface area contributed by atoms with Gasteiger partial charge in [-0.2, -0.15) is 5.10 Å². The number of aryl methyl sites for hydroxylation is 1. The maximum absolute atomic E-state index is 4.50. The highest BCUT2D eigenvalue weighted by Crippen LogP contribution is 2.12. The summed E-state index contributed by atoms with van der Waals surface area (Å²) in [5.41, 5.74) is 3.29. The van der Waals surface area contributed by atoms with Crippen molar-refractivity contribution in [3.63, 3.8) is 0 Å². The summed E-state index contributed by atoms with van der Waals surface area (Å²) in [6, 6.07) is 10.1. The molecular weight excluding hydrogens is 210 g/mol. The molecule has 88 valence electrons. The number of nitrogens with one attached hydrogen (secondary N) is 1. The minimum absolute atomic E-state index is 0.871. The fourth-order valence-electron chi connectivity index (χ4n) is 1.65. The van der Waals surface area contributed by atoms with Crippen LogP contribution in [0.4, 0.5) is 0 Å². The molecule has 0 amide bonds. The lowest BCUT2D eigenvalue weighted by molar-refractivity contribution is 0.863. The maximum atomic E-state index is 4.50. The van der Waals surface area contributed by atoms with Crippen LogP contribution in [0.25, 0.3) is 11.8 Å². The SMILES string of the molecule is CNCC=Cc1cn(-c2ccccc2)nc1C. The van der Waals surface area contributed by atoms with E-state index in [2.05, 4.69) is 28.8 Å². The number of hydrogen-bond donors (Lipinski definition) is 1. The third kappa shape index (κ3) is 2.82. The first-order valence-corrected chi connectivity index (χ1v) is 5.74. The van der Waals surface area contributed by atoms with Crippen LogP contribution in [-0.4, -0.2) is 23.4 Å². The van der Waals surface area contributed by atoms with Crippen molar-refractivity contribution in [1.29, 1.82) is 0 Å². The number of aromatic nitrogens is 2. The van der Waals surface area contributed by atoms with Crippen molar-refractivity contribution in [2.45, 2.75) is 6.92 Å². The molecule has 0 atom stereocenters. The second kappa shape index (κ2) is 5.46. The van der Waals surface area contributed by atoms with E-state index in [0.717, 1.165) is 23.5 Å². The average molecular weight is 227 g/mol. The van der Waals surface area contributed by atoms with Crippen molar-refractivity contribution in [2.24, 2.45) is 0 Å². The Morgan fingerprint density at radius 3 is 2.76 bits per heavy atom. The smallest absolute Gasteiger partial charge is 0.0670 e. The third-order valence-corrected chi connectivity index (χ3v) is 2.58. The van der Waals surface area contributed by atoms with E-state index in [1.807, 2.05) is 49.0 Å². The maximum Gasteiger partial charge on any atom is 0.0670 e. The summed E-state index contributed by atoms with van der Waals surface area (Å²) in [4.78, 5) is 0. The molecule has 1 aromatic heterocycles. The van der Waals surface area contributed by atoms with E-state index in [-0.39, 0.29) is 0 Å². The molecule has 3 nitrogen and oxygen atoms in total. The van der Waals surface area contributed by atoms with Crippen molar-refractivity contribution < 1.29 is 0 Å². The largest absolute Gasteiger partial charge is 0.316 e. The Morgan fingerprint density at radius 1 is 1.29 bits per heavy atom. The molecular formula is C14H17N3. The molecule has 0 saturated heterocycles. The van der Waals surface area contributed by atoms with Crippen molar-refractivity contribution in [1.82, 2.24) is 15.1 Å². The number of hydrogen-bond acceptors (Lipinski definition) is 2. The Bertz CT molecular complexity index is 497. The molecule has 0 spiro atoms. The summed E-state index contributed by atoms with van der Waals surface area (Å²) in [6.45, 7) is 2.90. The molecule has 0 radical (unpaired) electrons. The molecule has 2 rings (SSSR count). The van der Waals surface area contributed by atoms with E-state index in [1.54, 1.807) is 0 Å². The Kier molecular flexibility index (Phi) is 3.73. The molecule has 1 heterocycles. The van der Waals surface area contributed by atoms with Crippen LogP contribution in [0.1, 0.15) is 11.3 Å². The van der Waals surface area contributed by atoms with Crippen LogP contribution in [0.15, 0.2) is 42.6 Å². The number of likely N-dealkylation sites (N-methyl/N-ethyl adjacent to an activating group) is 1. The van der Waals surface area contributed by atoms with Crippen molar-refractivity contribution in [3.05, 3.63) is 53.9 Å². The lowest BCUT2D eigenvalue weighted by Gasteiger charge is -1.98. The van der Waals surface area contributed by atoms with Gasteiger partial charge in [-0.3, -0.25) is 0 Å². The summed E-state index contributed by atoms with van der Waals surface area (Å²) in [5, 5.41) is 7.59. The summed E-state index contributed by atoms with van der Waals surface area (Å²) < 4.78 is 1.91. The Morgan fingerprint density at radius 2 is 2.06 bits per heavy atom. The zero-order valence-corrected chi connectivity index (χ0v) is 10.2. The van der Waals surface area contributed by atoms with E-state index in [4.69, 9.17) is 0 Å². The van der Waals surface area contributed by atoms with E-state index in [9.17, 15) is 0 Å². The Hall–Kier alpha value is -1.87. The van der Waals surface area contributed by atoms with Crippen molar-refractivity contribution >= 4 is 6.08 Å². The zero-order chi connectivity index (χ0) is 12.1. The molecule has 1 aromatic carbocycles. The quantitative estimate of drug-likeness (QED) is 0.869. The van der Waals surface area contributed by atoms with Gasteiger partial charge in [0.25, 0.3) is 0 Å². The molecule has 0 saturated carbocycles. The molecule has 0 fully saturated rings. The van der Waals surface area contributed by atoms with Crippen LogP contribution in [-0.2, 0) is 0 Å². The van der Waals surface area contributed by atoms with Gasteiger partial charge in [0.05, 0.1) is 11.4 Å². The molecule has 3 heteroatoms. The van der Waals surface area contributed by atoms with E-state index >= 15 is 0 Å². The minimum atomic E-state index is 0.871. The highest BCUT2D eigenvalue weighted by molar-refractivity contribution is 5.52. The molecule has 17 heavy (non-hydrogen) atoms. The predicted molar refractivity (Wildman–Crippen MR) is 71.3 cm³/mol. The van der Waals surface area contributed by atoms with Crippen LogP contribution >= 0.6 is 0 Å². The molecule has 0 aliphatic heterocycles. The highest BCUT2D eigenvalue weighted by Gasteiger charge is 2.02. The first-order valence-electron chi connectivity index (χ1n) is 5.74. The number of benzene rings is 1. The summed E-state index contributed by atoms with van der Waals surface area (Å²) in [5.74, 6) is 0. The fourth-order valence-corrected chi connectivity index (χ4v) is 1.65. The second-order valence-electron chi connectivity index (χ2n) is 3.91. The molecule has 0 aliphatic carbocycles. The number of rotatable bonds is 4. The van der Waals surface area contributed by atoms with Gasteiger partial charge in [0.15, 0.2) is 0 Å². The Labute approximate surface area is 102 Å².